The molecule has 0 bridgehead atoms. The summed E-state index contributed by atoms with van der Waals surface area (Å²) in [6, 6.07) is 20.5. The molecule has 0 aliphatic carbocycles. The maximum atomic E-state index is 10.9. The van der Waals surface area contributed by atoms with Gasteiger partial charge >= 0.3 is 0 Å². The molecule has 1 heterocycles. The number of aliphatic hydroxyl groups excluding tert-OH is 1. The van der Waals surface area contributed by atoms with Crippen LogP contribution in [0.5, 0.6) is 0 Å². The maximum absolute atomic E-state index is 10.9. The highest BCUT2D eigenvalue weighted by Crippen LogP contribution is 2.29. The first-order chi connectivity index (χ1) is 10.3. The van der Waals surface area contributed by atoms with Crippen LogP contribution >= 0.6 is 0 Å². The van der Waals surface area contributed by atoms with Gasteiger partial charge in [-0.15, -0.1) is 0 Å². The highest BCUT2D eigenvalue weighted by molar-refractivity contribution is 5.26. The third kappa shape index (κ3) is 3.52. The first-order valence-electron chi connectivity index (χ1n) is 7.96. The number of nitrogens with one attached hydrogen (secondary N) is 1. The van der Waals surface area contributed by atoms with E-state index in [0.29, 0.717) is 0 Å². The van der Waals surface area contributed by atoms with E-state index in [-0.39, 0.29) is 5.92 Å². The van der Waals surface area contributed by atoms with Crippen molar-refractivity contribution in [1.29, 1.82) is 0 Å². The second kappa shape index (κ2) is 6.88. The van der Waals surface area contributed by atoms with Gasteiger partial charge in [-0.05, 0) is 11.1 Å². The molecular formula is C19H24NO+. The summed E-state index contributed by atoms with van der Waals surface area (Å²) in [5, 5.41) is 10.9. The molecule has 2 N–H and O–H groups in total. The van der Waals surface area contributed by atoms with Gasteiger partial charge in [-0.2, -0.15) is 0 Å². The summed E-state index contributed by atoms with van der Waals surface area (Å²) in [6.07, 6.45) is 2.21. The zero-order valence-corrected chi connectivity index (χ0v) is 12.4. The second-order valence-electron chi connectivity index (χ2n) is 6.03. The fourth-order valence-electron chi connectivity index (χ4n) is 3.38. The van der Waals surface area contributed by atoms with Crippen LogP contribution in [0.3, 0.4) is 0 Å². The summed E-state index contributed by atoms with van der Waals surface area (Å²) in [4.78, 5) is 1.62. The lowest BCUT2D eigenvalue weighted by atomic mass is 9.88. The van der Waals surface area contributed by atoms with Crippen molar-refractivity contribution in [2.75, 3.05) is 19.6 Å². The Bertz CT molecular complexity index is 534. The Kier molecular flexibility index (Phi) is 4.69. The number of likely N-dealkylation sites (tertiary alicyclic amines) is 1. The van der Waals surface area contributed by atoms with Crippen LogP contribution in [0.1, 0.15) is 36.0 Å². The van der Waals surface area contributed by atoms with Crippen molar-refractivity contribution in [3.05, 3.63) is 71.8 Å². The molecule has 0 radical (unpaired) electrons. The van der Waals surface area contributed by atoms with Crippen molar-refractivity contribution < 1.29 is 10.0 Å². The van der Waals surface area contributed by atoms with Crippen molar-refractivity contribution in [2.24, 2.45) is 0 Å². The van der Waals surface area contributed by atoms with Gasteiger partial charge in [0.25, 0.3) is 0 Å². The van der Waals surface area contributed by atoms with Crippen LogP contribution in [0.15, 0.2) is 60.7 Å². The lowest BCUT2D eigenvalue weighted by molar-refractivity contribution is -0.889. The maximum Gasteiger partial charge on any atom is 0.0912 e. The van der Waals surface area contributed by atoms with Crippen LogP contribution in [0, 0.1) is 0 Å². The van der Waals surface area contributed by atoms with Gasteiger partial charge in [0.05, 0.1) is 31.7 Å². The summed E-state index contributed by atoms with van der Waals surface area (Å²) in [5.74, 6) is 0.168. The normalized spacial score (nSPS) is 18.5. The number of hydrogen-bond donors (Lipinski definition) is 2. The Morgan fingerprint density at radius 2 is 1.33 bits per heavy atom. The van der Waals surface area contributed by atoms with Crippen molar-refractivity contribution in [1.82, 2.24) is 0 Å². The van der Waals surface area contributed by atoms with Gasteiger partial charge in [-0.25, -0.2) is 0 Å². The number of hydrogen-bond acceptors (Lipinski definition) is 1. The van der Waals surface area contributed by atoms with E-state index in [1.54, 1.807) is 4.90 Å². The summed E-state index contributed by atoms with van der Waals surface area (Å²) in [5.41, 5.74) is 2.26. The van der Waals surface area contributed by atoms with Gasteiger partial charge in [0.2, 0.25) is 0 Å². The van der Waals surface area contributed by atoms with Crippen molar-refractivity contribution in [3.8, 4) is 0 Å². The number of benzene rings is 2. The van der Waals surface area contributed by atoms with Crippen LogP contribution in [0.2, 0.25) is 0 Å². The molecule has 0 saturated carbocycles. The largest absolute Gasteiger partial charge is 0.388 e. The van der Waals surface area contributed by atoms with E-state index in [0.717, 1.165) is 12.1 Å². The number of rotatable bonds is 5. The Labute approximate surface area is 127 Å². The number of aliphatic hydroxyl groups is 1. The van der Waals surface area contributed by atoms with Crippen LogP contribution in [-0.4, -0.2) is 24.7 Å². The minimum absolute atomic E-state index is 0.168. The lowest BCUT2D eigenvalue weighted by Gasteiger charge is -2.26. The highest BCUT2D eigenvalue weighted by atomic mass is 16.3. The summed E-state index contributed by atoms with van der Waals surface area (Å²) < 4.78 is 0. The minimum atomic E-state index is -0.429. The summed E-state index contributed by atoms with van der Waals surface area (Å²) in [6.45, 7) is 3.50. The molecule has 0 amide bonds. The Morgan fingerprint density at radius 1 is 0.810 bits per heavy atom. The average molecular weight is 282 g/mol. The summed E-state index contributed by atoms with van der Waals surface area (Å²) in [7, 11) is 0. The second-order valence-corrected chi connectivity index (χ2v) is 6.03. The topological polar surface area (TPSA) is 24.7 Å². The SMILES string of the molecule is O[C@@H](c1ccccc1)[C@@H](C[NH+]1CCCC1)c1ccccc1. The van der Waals surface area contributed by atoms with E-state index in [4.69, 9.17) is 0 Å². The molecule has 0 aromatic heterocycles. The standard InChI is InChI=1S/C19H23NO/c21-19(17-11-5-2-6-12-17)18(15-20-13-7-8-14-20)16-9-3-1-4-10-16/h1-6,9-12,18-19,21H,7-8,13-15H2/p+1/t18-,19-/m0/s1. The first-order valence-corrected chi connectivity index (χ1v) is 7.96. The Balaban J connectivity index is 1.84. The van der Waals surface area contributed by atoms with Gasteiger partial charge in [0.15, 0.2) is 0 Å². The van der Waals surface area contributed by atoms with Gasteiger partial charge in [0, 0.05) is 12.8 Å². The molecule has 21 heavy (non-hydrogen) atoms. The van der Waals surface area contributed by atoms with Crippen molar-refractivity contribution in [3.63, 3.8) is 0 Å². The molecule has 0 unspecified atom stereocenters. The van der Waals surface area contributed by atoms with E-state index in [2.05, 4.69) is 24.3 Å². The third-order valence-corrected chi connectivity index (χ3v) is 4.57. The Hall–Kier alpha value is -1.64. The van der Waals surface area contributed by atoms with E-state index in [1.807, 2.05) is 36.4 Å². The van der Waals surface area contributed by atoms with Crippen LogP contribution in [0.4, 0.5) is 0 Å². The lowest BCUT2D eigenvalue weighted by Crippen LogP contribution is -3.10. The van der Waals surface area contributed by atoms with E-state index >= 15 is 0 Å². The summed E-state index contributed by atoms with van der Waals surface area (Å²) >= 11 is 0. The van der Waals surface area contributed by atoms with E-state index in [9.17, 15) is 5.11 Å². The molecule has 1 aliphatic heterocycles. The molecule has 1 aliphatic rings. The van der Waals surface area contributed by atoms with Gasteiger partial charge in [0.1, 0.15) is 0 Å². The quantitative estimate of drug-likeness (QED) is 0.863. The predicted octanol–water partition coefficient (Wildman–Crippen LogP) is 2.18. The fraction of sp³-hybridized carbons (Fsp3) is 0.368. The van der Waals surface area contributed by atoms with E-state index < -0.39 is 6.10 Å². The first kappa shape index (κ1) is 14.3. The van der Waals surface area contributed by atoms with Gasteiger partial charge in [-0.3, -0.25) is 0 Å². The van der Waals surface area contributed by atoms with Gasteiger partial charge in [-0.1, -0.05) is 60.7 Å². The number of quaternary nitrogens is 1. The minimum Gasteiger partial charge on any atom is -0.388 e. The smallest absolute Gasteiger partial charge is 0.0912 e. The monoisotopic (exact) mass is 282 g/mol. The van der Waals surface area contributed by atoms with Crippen LogP contribution < -0.4 is 4.90 Å². The zero-order valence-electron chi connectivity index (χ0n) is 12.4. The molecule has 2 nitrogen and oxygen atoms in total. The molecule has 3 rings (SSSR count). The molecule has 1 saturated heterocycles. The highest BCUT2D eigenvalue weighted by Gasteiger charge is 2.28. The molecule has 1 fully saturated rings. The zero-order chi connectivity index (χ0) is 14.5. The van der Waals surface area contributed by atoms with Gasteiger partial charge < -0.3 is 10.0 Å². The molecule has 2 aromatic rings. The Morgan fingerprint density at radius 3 is 1.90 bits per heavy atom. The fourth-order valence-corrected chi connectivity index (χ4v) is 3.38. The van der Waals surface area contributed by atoms with Crippen LogP contribution in [-0.2, 0) is 0 Å². The predicted molar refractivity (Wildman–Crippen MR) is 85.4 cm³/mol. The van der Waals surface area contributed by atoms with Crippen molar-refractivity contribution >= 4 is 0 Å². The van der Waals surface area contributed by atoms with E-state index in [1.165, 1.54) is 31.5 Å². The van der Waals surface area contributed by atoms with Crippen molar-refractivity contribution in [2.45, 2.75) is 24.9 Å². The average Bonchev–Trinajstić information content (AvgIpc) is 3.07. The third-order valence-electron chi connectivity index (χ3n) is 4.57. The molecular weight excluding hydrogens is 258 g/mol. The van der Waals surface area contributed by atoms with Crippen LogP contribution in [0.25, 0.3) is 0 Å². The molecule has 2 atom stereocenters. The molecule has 2 aromatic carbocycles. The molecule has 2 heteroatoms. The molecule has 0 spiro atoms. The molecule has 110 valence electrons.